The summed E-state index contributed by atoms with van der Waals surface area (Å²) in [5.41, 5.74) is 3.73. The van der Waals surface area contributed by atoms with Gasteiger partial charge < -0.3 is 4.90 Å². The third-order valence-electron chi connectivity index (χ3n) is 5.98. The average Bonchev–Trinajstić information content (AvgIpc) is 2.94. The van der Waals surface area contributed by atoms with E-state index < -0.39 is 11.0 Å². The van der Waals surface area contributed by atoms with E-state index in [-0.39, 0.29) is 24.1 Å². The van der Waals surface area contributed by atoms with Crippen LogP contribution in [0.15, 0.2) is 77.8 Å². The van der Waals surface area contributed by atoms with Gasteiger partial charge >= 0.3 is 0 Å². The van der Waals surface area contributed by atoms with Gasteiger partial charge in [0.05, 0.1) is 22.9 Å². The molecule has 1 aliphatic heterocycles. The molecule has 0 aromatic heterocycles. The number of hydrogen-bond acceptors (Lipinski definition) is 4. The molecule has 6 nitrogen and oxygen atoms in total. The molecule has 0 spiro atoms. The number of fused-ring (bicyclic) bond motifs is 1. The van der Waals surface area contributed by atoms with Crippen LogP contribution in [0.4, 0.5) is 11.4 Å². The fraction of sp³-hybridized carbons (Fsp3) is 0.231. The van der Waals surface area contributed by atoms with Gasteiger partial charge in [-0.15, -0.1) is 0 Å². The Hall–Kier alpha value is -3.51. The minimum absolute atomic E-state index is 0.00797. The van der Waals surface area contributed by atoms with Crippen molar-refractivity contribution in [2.24, 2.45) is 10.9 Å². The Kier molecular flexibility index (Phi) is 6.56. The van der Waals surface area contributed by atoms with E-state index >= 15 is 0 Å². The number of benzodiazepines with no additional fused rings is 1. The molecule has 4 rings (SSSR count). The molecule has 168 valence electrons. The first-order chi connectivity index (χ1) is 15.9. The molecule has 3 aromatic carbocycles. The van der Waals surface area contributed by atoms with Crippen LogP contribution in [-0.2, 0) is 11.3 Å². The summed E-state index contributed by atoms with van der Waals surface area (Å²) in [6, 6.07) is 20.9. The summed E-state index contributed by atoms with van der Waals surface area (Å²) in [6.07, 6.45) is 0.781. The predicted octanol–water partition coefficient (Wildman–Crippen LogP) is 6.05. The smallest absolute Gasteiger partial charge is 0.269 e. The number of nitro benzene ring substituents is 1. The molecule has 1 heterocycles. The highest BCUT2D eigenvalue weighted by Gasteiger charge is 2.35. The lowest BCUT2D eigenvalue weighted by atomic mass is 9.97. The first kappa shape index (κ1) is 22.7. The molecule has 2 atom stereocenters. The van der Waals surface area contributed by atoms with Gasteiger partial charge in [-0.05, 0) is 29.7 Å². The minimum atomic E-state index is -0.588. The normalized spacial score (nSPS) is 16.6. The largest absolute Gasteiger partial charge is 0.305 e. The van der Waals surface area contributed by atoms with Crippen molar-refractivity contribution in [1.29, 1.82) is 0 Å². The van der Waals surface area contributed by atoms with Crippen molar-refractivity contribution >= 4 is 34.6 Å². The molecule has 0 N–H and O–H groups in total. The number of halogens is 1. The van der Waals surface area contributed by atoms with Crippen LogP contribution in [-0.4, -0.2) is 22.6 Å². The van der Waals surface area contributed by atoms with Crippen LogP contribution < -0.4 is 4.90 Å². The third-order valence-corrected chi connectivity index (χ3v) is 6.22. The van der Waals surface area contributed by atoms with E-state index in [9.17, 15) is 14.9 Å². The Balaban J connectivity index is 1.89. The van der Waals surface area contributed by atoms with Gasteiger partial charge in [0.15, 0.2) is 0 Å². The number of rotatable bonds is 6. The van der Waals surface area contributed by atoms with Gasteiger partial charge in [-0.25, -0.2) is 0 Å². The van der Waals surface area contributed by atoms with Gasteiger partial charge in [-0.1, -0.05) is 74.3 Å². The lowest BCUT2D eigenvalue weighted by molar-refractivity contribution is -0.384. The van der Waals surface area contributed by atoms with Crippen molar-refractivity contribution in [3.05, 3.63) is 105 Å². The van der Waals surface area contributed by atoms with Crippen LogP contribution >= 0.6 is 11.6 Å². The standard InChI is InChI=1S/C26H24ClN3O3/c1-3-17(2)24-26(31)29(16-18-8-7-11-21(14-18)30(32)33)23-13-12-20(27)15-22(23)25(28-24)19-9-5-4-6-10-19/h4-15,17,24H,3,16H2,1-2H3/t17-,24-/m0/s1. The number of carbonyl (C=O) groups excluding carboxylic acids is 1. The highest BCUT2D eigenvalue weighted by molar-refractivity contribution is 6.32. The predicted molar refractivity (Wildman–Crippen MR) is 131 cm³/mol. The Morgan fingerprint density at radius 3 is 2.55 bits per heavy atom. The zero-order chi connectivity index (χ0) is 23.5. The first-order valence-corrected chi connectivity index (χ1v) is 11.2. The molecular weight excluding hydrogens is 438 g/mol. The maximum atomic E-state index is 13.8. The van der Waals surface area contributed by atoms with Crippen LogP contribution in [0, 0.1) is 16.0 Å². The number of aliphatic imine (C=N–C) groups is 1. The van der Waals surface area contributed by atoms with E-state index in [1.165, 1.54) is 12.1 Å². The average molecular weight is 462 g/mol. The van der Waals surface area contributed by atoms with Gasteiger partial charge in [0.1, 0.15) is 6.04 Å². The number of anilines is 1. The summed E-state index contributed by atoms with van der Waals surface area (Å²) in [5.74, 6) is -0.126. The van der Waals surface area contributed by atoms with Crippen LogP contribution in [0.1, 0.15) is 37.0 Å². The van der Waals surface area contributed by atoms with Crippen LogP contribution in [0.2, 0.25) is 5.02 Å². The fourth-order valence-electron chi connectivity index (χ4n) is 4.01. The Morgan fingerprint density at radius 1 is 1.09 bits per heavy atom. The number of hydrogen-bond donors (Lipinski definition) is 0. The van der Waals surface area contributed by atoms with Crippen molar-refractivity contribution in [3.8, 4) is 0 Å². The van der Waals surface area contributed by atoms with E-state index in [0.29, 0.717) is 22.0 Å². The second-order valence-corrected chi connectivity index (χ2v) is 8.62. The SMILES string of the molecule is CC[C@H](C)[C@@H]1N=C(c2ccccc2)c2cc(Cl)ccc2N(Cc2cccc([N+](=O)[O-])c2)C1=O. The molecular formula is C26H24ClN3O3. The monoisotopic (exact) mass is 461 g/mol. The lowest BCUT2D eigenvalue weighted by Crippen LogP contribution is -2.40. The summed E-state index contributed by atoms with van der Waals surface area (Å²) < 4.78 is 0. The molecule has 0 saturated heterocycles. The van der Waals surface area contributed by atoms with Gasteiger partial charge in [0.25, 0.3) is 11.6 Å². The maximum Gasteiger partial charge on any atom is 0.269 e. The summed E-state index contributed by atoms with van der Waals surface area (Å²) in [7, 11) is 0. The van der Waals surface area contributed by atoms with E-state index in [0.717, 1.165) is 17.5 Å². The molecule has 0 fully saturated rings. The van der Waals surface area contributed by atoms with Gasteiger partial charge in [-0.3, -0.25) is 19.9 Å². The van der Waals surface area contributed by atoms with Gasteiger partial charge in [0.2, 0.25) is 0 Å². The topological polar surface area (TPSA) is 75.8 Å². The van der Waals surface area contributed by atoms with Gasteiger partial charge in [0, 0.05) is 28.3 Å². The van der Waals surface area contributed by atoms with E-state index in [1.54, 1.807) is 23.1 Å². The number of nitrogens with zero attached hydrogens (tertiary/aromatic N) is 3. The van der Waals surface area contributed by atoms with Crippen molar-refractivity contribution < 1.29 is 9.72 Å². The summed E-state index contributed by atoms with van der Waals surface area (Å²) >= 11 is 6.38. The Morgan fingerprint density at radius 2 is 1.85 bits per heavy atom. The molecule has 0 radical (unpaired) electrons. The second-order valence-electron chi connectivity index (χ2n) is 8.19. The van der Waals surface area contributed by atoms with E-state index in [1.807, 2.05) is 56.3 Å². The molecule has 0 bridgehead atoms. The van der Waals surface area contributed by atoms with Crippen LogP contribution in [0.5, 0.6) is 0 Å². The van der Waals surface area contributed by atoms with Crippen molar-refractivity contribution in [2.75, 3.05) is 4.90 Å². The summed E-state index contributed by atoms with van der Waals surface area (Å²) in [5, 5.41) is 11.8. The molecule has 3 aromatic rings. The fourth-order valence-corrected chi connectivity index (χ4v) is 4.18. The molecule has 0 unspecified atom stereocenters. The lowest BCUT2D eigenvalue weighted by Gasteiger charge is -2.27. The number of amides is 1. The van der Waals surface area contributed by atoms with Crippen LogP contribution in [0.25, 0.3) is 0 Å². The van der Waals surface area contributed by atoms with E-state index in [2.05, 4.69) is 0 Å². The van der Waals surface area contributed by atoms with E-state index in [4.69, 9.17) is 16.6 Å². The highest BCUT2D eigenvalue weighted by Crippen LogP contribution is 2.34. The highest BCUT2D eigenvalue weighted by atomic mass is 35.5. The zero-order valence-corrected chi connectivity index (χ0v) is 19.2. The van der Waals surface area contributed by atoms with Gasteiger partial charge in [-0.2, -0.15) is 0 Å². The Labute approximate surface area is 197 Å². The Bertz CT molecular complexity index is 1230. The second kappa shape index (κ2) is 9.55. The molecule has 1 aliphatic rings. The number of nitro groups is 1. The van der Waals surface area contributed by atoms with Crippen molar-refractivity contribution in [3.63, 3.8) is 0 Å². The maximum absolute atomic E-state index is 13.8. The number of carbonyl (C=O) groups is 1. The molecule has 0 aliphatic carbocycles. The quantitative estimate of drug-likeness (QED) is 0.331. The van der Waals surface area contributed by atoms with Crippen LogP contribution in [0.3, 0.4) is 0 Å². The summed E-state index contributed by atoms with van der Waals surface area (Å²) in [6.45, 7) is 4.25. The summed E-state index contributed by atoms with van der Waals surface area (Å²) in [4.78, 5) is 31.3. The number of non-ortho nitro benzene ring substituents is 1. The molecule has 0 saturated carbocycles. The van der Waals surface area contributed by atoms with Crippen molar-refractivity contribution in [1.82, 2.24) is 0 Å². The third kappa shape index (κ3) is 4.66. The number of benzene rings is 3. The first-order valence-electron chi connectivity index (χ1n) is 10.9. The molecule has 33 heavy (non-hydrogen) atoms. The van der Waals surface area contributed by atoms with Crippen molar-refractivity contribution in [2.45, 2.75) is 32.9 Å². The minimum Gasteiger partial charge on any atom is -0.305 e. The molecule has 7 heteroatoms. The molecule has 1 amide bonds. The zero-order valence-electron chi connectivity index (χ0n) is 18.4.